The highest BCUT2D eigenvalue weighted by atomic mass is 19.3. The number of carbonyl (C=O) groups excluding carboxylic acids is 1. The lowest BCUT2D eigenvalue weighted by Crippen LogP contribution is -2.30. The first-order chi connectivity index (χ1) is 18.9. The van der Waals surface area contributed by atoms with Crippen molar-refractivity contribution < 1.29 is 22.4 Å². The third kappa shape index (κ3) is 3.16. The average Bonchev–Trinajstić information content (AvgIpc) is 3.49. The van der Waals surface area contributed by atoms with Crippen molar-refractivity contribution in [1.29, 1.82) is 0 Å². The molecule has 0 spiro atoms. The minimum absolute atomic E-state index is 0.0260. The second-order valence-electron chi connectivity index (χ2n) is 10.2. The van der Waals surface area contributed by atoms with Crippen LogP contribution in [0.1, 0.15) is 69.0 Å². The summed E-state index contributed by atoms with van der Waals surface area (Å²) >= 11 is 0. The van der Waals surface area contributed by atoms with Crippen molar-refractivity contribution in [1.82, 2.24) is 19.4 Å². The largest absolute Gasteiger partial charge is 0.434 e. The van der Waals surface area contributed by atoms with Gasteiger partial charge >= 0.3 is 6.61 Å². The molecule has 4 aromatic rings. The summed E-state index contributed by atoms with van der Waals surface area (Å²) in [6, 6.07) is 10.5. The van der Waals surface area contributed by atoms with E-state index in [2.05, 4.69) is 11.1 Å². The van der Waals surface area contributed by atoms with Gasteiger partial charge < -0.3 is 19.9 Å². The number of pyridine rings is 1. The van der Waals surface area contributed by atoms with Gasteiger partial charge in [0.25, 0.3) is 5.91 Å². The van der Waals surface area contributed by atoms with E-state index in [4.69, 9.17) is 19.6 Å². The van der Waals surface area contributed by atoms with Crippen LogP contribution in [0.2, 0.25) is 0 Å². The molecule has 7 rings (SSSR count). The zero-order valence-electron chi connectivity index (χ0n) is 22.9. The molecule has 2 aliphatic heterocycles. The molecule has 3 atom stereocenters. The highest BCUT2D eigenvalue weighted by molar-refractivity contribution is 5.98. The number of rotatable bonds is 3. The Labute approximate surface area is 216 Å². The minimum Gasteiger partial charge on any atom is -0.434 e. The maximum Gasteiger partial charge on any atom is 0.387 e. The fourth-order valence-corrected chi connectivity index (χ4v) is 6.17. The number of carbonyl (C=O) groups is 1. The number of imidazole rings is 1. The lowest BCUT2D eigenvalue weighted by Gasteiger charge is -2.24. The standard InChI is InChI=1S/C28H25F2N5O2/c1-28(31)9-8-15-10-16(13-32-24(15)28)14-6-7-18-19(11-14)35-20-12-21(25(35)33-18)34(2)26(36)17-4-3-5-22(23(17)20)37-27(29)30/h3-7,10-11,13,20-21,27H,8-9,12,31H2,1-2H3/t20-,21-,28+/m1/s1/i2D3. The molecule has 4 heterocycles. The van der Waals surface area contributed by atoms with Gasteiger partial charge in [0.15, 0.2) is 0 Å². The van der Waals surface area contributed by atoms with Crippen LogP contribution in [0.5, 0.6) is 5.75 Å². The van der Waals surface area contributed by atoms with E-state index >= 15 is 0 Å². The molecule has 0 saturated carbocycles. The minimum atomic E-state index is -3.12. The second kappa shape index (κ2) is 7.58. The third-order valence-corrected chi connectivity index (χ3v) is 7.90. The number of fused-ring (bicyclic) bond motifs is 10. The van der Waals surface area contributed by atoms with Gasteiger partial charge in [-0.1, -0.05) is 12.1 Å². The summed E-state index contributed by atoms with van der Waals surface area (Å²) in [4.78, 5) is 23.8. The molecule has 0 unspecified atom stereocenters. The topological polar surface area (TPSA) is 86.3 Å². The zero-order chi connectivity index (χ0) is 28.1. The van der Waals surface area contributed by atoms with Gasteiger partial charge in [0, 0.05) is 40.4 Å². The van der Waals surface area contributed by atoms with Crippen LogP contribution in [0.15, 0.2) is 48.7 Å². The van der Waals surface area contributed by atoms with Crippen molar-refractivity contribution >= 4 is 16.9 Å². The number of nitrogens with zero attached hydrogens (tertiary/aromatic N) is 4. The van der Waals surface area contributed by atoms with Crippen LogP contribution in [0.25, 0.3) is 22.2 Å². The number of ether oxygens (including phenoxy) is 1. The summed E-state index contributed by atoms with van der Waals surface area (Å²) in [5.41, 5.74) is 11.3. The van der Waals surface area contributed by atoms with E-state index in [0.29, 0.717) is 16.9 Å². The molecule has 7 nitrogen and oxygen atoms in total. The molecule has 1 amide bonds. The van der Waals surface area contributed by atoms with Crippen molar-refractivity contribution in [2.75, 3.05) is 6.98 Å². The summed E-state index contributed by atoms with van der Waals surface area (Å²) in [7, 11) is 0. The lowest BCUT2D eigenvalue weighted by molar-refractivity contribution is -0.0507. The van der Waals surface area contributed by atoms with Crippen molar-refractivity contribution in [2.45, 2.75) is 50.4 Å². The molecule has 37 heavy (non-hydrogen) atoms. The van der Waals surface area contributed by atoms with E-state index in [-0.39, 0.29) is 23.3 Å². The first kappa shape index (κ1) is 19.3. The van der Waals surface area contributed by atoms with Gasteiger partial charge in [0.2, 0.25) is 0 Å². The molecule has 2 aromatic heterocycles. The number of aromatic nitrogens is 3. The predicted octanol–water partition coefficient (Wildman–Crippen LogP) is 4.94. The number of amides is 1. The maximum absolute atomic E-state index is 13.6. The van der Waals surface area contributed by atoms with Crippen LogP contribution >= 0.6 is 0 Å². The average molecular weight is 505 g/mol. The van der Waals surface area contributed by atoms with Crippen molar-refractivity contribution in [3.05, 3.63) is 76.9 Å². The van der Waals surface area contributed by atoms with Gasteiger partial charge in [-0.05, 0) is 61.2 Å². The Morgan fingerprint density at radius 1 is 1.22 bits per heavy atom. The summed E-state index contributed by atoms with van der Waals surface area (Å²) < 4.78 is 58.0. The Kier molecular flexibility index (Phi) is 3.95. The molecule has 2 N–H and O–H groups in total. The smallest absolute Gasteiger partial charge is 0.387 e. The molecular formula is C28H25F2N5O2. The van der Waals surface area contributed by atoms with Crippen molar-refractivity contribution in [3.63, 3.8) is 0 Å². The van der Waals surface area contributed by atoms with E-state index in [0.717, 1.165) is 40.1 Å². The van der Waals surface area contributed by atoms with Crippen LogP contribution in [0.4, 0.5) is 8.78 Å². The Hall–Kier alpha value is -3.85. The third-order valence-electron chi connectivity index (χ3n) is 7.90. The van der Waals surface area contributed by atoms with Crippen molar-refractivity contribution in [3.8, 4) is 16.9 Å². The first-order valence-corrected chi connectivity index (χ1v) is 12.2. The highest BCUT2D eigenvalue weighted by Gasteiger charge is 2.45. The number of hydrogen-bond donors (Lipinski definition) is 1. The zero-order valence-corrected chi connectivity index (χ0v) is 19.9. The molecule has 2 aromatic carbocycles. The monoisotopic (exact) mass is 504 g/mol. The fourth-order valence-electron chi connectivity index (χ4n) is 6.17. The molecule has 9 heteroatoms. The Bertz CT molecular complexity index is 1720. The maximum atomic E-state index is 13.6. The van der Waals surface area contributed by atoms with Gasteiger partial charge in [-0.25, -0.2) is 4.98 Å². The SMILES string of the molecule is [2H]C([2H])([2H])N1C(=O)c2cccc(OC(F)F)c2[C@H]2C[C@@H]1c1nc3ccc(-c4cnc5c(c4)CC[C@]5(C)N)cc3n12. The Morgan fingerprint density at radius 3 is 2.89 bits per heavy atom. The van der Waals surface area contributed by atoms with Crippen LogP contribution in [-0.4, -0.2) is 38.9 Å². The van der Waals surface area contributed by atoms with Crippen LogP contribution in [0.3, 0.4) is 0 Å². The first-order valence-electron chi connectivity index (χ1n) is 13.7. The lowest BCUT2D eigenvalue weighted by atomic mass is 9.97. The second-order valence-corrected chi connectivity index (χ2v) is 10.2. The number of halogens is 2. The summed E-state index contributed by atoms with van der Waals surface area (Å²) in [6.07, 6.45) is 3.61. The Balaban J connectivity index is 1.43. The summed E-state index contributed by atoms with van der Waals surface area (Å²) in [5.74, 6) is -0.530. The molecular weight excluding hydrogens is 476 g/mol. The molecule has 0 saturated heterocycles. The molecule has 188 valence electrons. The molecule has 0 radical (unpaired) electrons. The molecule has 2 bridgehead atoms. The van der Waals surface area contributed by atoms with Gasteiger partial charge in [-0.3, -0.25) is 9.78 Å². The highest BCUT2D eigenvalue weighted by Crippen LogP contribution is 2.50. The van der Waals surface area contributed by atoms with Crippen LogP contribution < -0.4 is 10.5 Å². The summed E-state index contributed by atoms with van der Waals surface area (Å²) in [5, 5.41) is 0. The fraction of sp³-hybridized carbons (Fsp3) is 0.321. The van der Waals surface area contributed by atoms with Crippen LogP contribution in [0, 0.1) is 0 Å². The van der Waals surface area contributed by atoms with Gasteiger partial charge in [0.1, 0.15) is 11.6 Å². The van der Waals surface area contributed by atoms with Crippen LogP contribution in [-0.2, 0) is 12.0 Å². The van der Waals surface area contributed by atoms with Gasteiger partial charge in [0.05, 0.1) is 34.3 Å². The van der Waals surface area contributed by atoms with E-state index in [1.54, 1.807) is 6.20 Å². The molecule has 3 aliphatic rings. The molecule has 0 fully saturated rings. The number of aryl methyl sites for hydroxylation is 1. The number of hydrogen-bond acceptors (Lipinski definition) is 5. The van der Waals surface area contributed by atoms with E-state index in [1.807, 2.05) is 29.7 Å². The molecule has 1 aliphatic carbocycles. The number of benzene rings is 2. The van der Waals surface area contributed by atoms with Gasteiger partial charge in [-0.2, -0.15) is 8.78 Å². The van der Waals surface area contributed by atoms with E-state index in [1.165, 1.54) is 18.2 Å². The normalized spacial score (nSPS) is 25.4. The Morgan fingerprint density at radius 2 is 2.08 bits per heavy atom. The number of alkyl halides is 2. The summed E-state index contributed by atoms with van der Waals surface area (Å²) in [6.45, 7) is -3.92. The number of nitrogens with two attached hydrogens (primary N) is 1. The van der Waals surface area contributed by atoms with Gasteiger partial charge in [-0.15, -0.1) is 0 Å². The van der Waals surface area contributed by atoms with E-state index < -0.39 is 37.1 Å². The van der Waals surface area contributed by atoms with E-state index in [9.17, 15) is 13.6 Å². The van der Waals surface area contributed by atoms with Crippen molar-refractivity contribution in [2.24, 2.45) is 5.73 Å². The quantitative estimate of drug-likeness (QED) is 0.427. The predicted molar refractivity (Wildman–Crippen MR) is 133 cm³/mol.